The lowest BCUT2D eigenvalue weighted by Crippen LogP contribution is -2.46. The summed E-state index contributed by atoms with van der Waals surface area (Å²) in [6.07, 6.45) is -0.245. The van der Waals surface area contributed by atoms with E-state index in [4.69, 9.17) is 33.3 Å². The number of carbonyl (C=O) groups excluding carboxylic acids is 2. The van der Waals surface area contributed by atoms with E-state index in [9.17, 15) is 9.59 Å². The Morgan fingerprint density at radius 2 is 1.79 bits per heavy atom. The second-order valence-electron chi connectivity index (χ2n) is 7.81. The van der Waals surface area contributed by atoms with Gasteiger partial charge in [-0.25, -0.2) is 4.79 Å². The van der Waals surface area contributed by atoms with Crippen molar-refractivity contribution in [1.82, 2.24) is 10.2 Å². The van der Waals surface area contributed by atoms with Gasteiger partial charge in [0, 0.05) is 23.5 Å². The highest BCUT2D eigenvalue weighted by Crippen LogP contribution is 2.31. The molecular weight excluding hydrogens is 462 g/mol. The topological polar surface area (TPSA) is 79.9 Å². The molecule has 174 valence electrons. The van der Waals surface area contributed by atoms with Gasteiger partial charge in [-0.05, 0) is 75.0 Å². The lowest BCUT2D eigenvalue weighted by atomic mass is 9.95. The van der Waals surface area contributed by atoms with E-state index in [-0.39, 0.29) is 18.6 Å². The van der Waals surface area contributed by atoms with Gasteiger partial charge >= 0.3 is 5.97 Å². The lowest BCUT2D eigenvalue weighted by molar-refractivity contribution is -0.143. The van der Waals surface area contributed by atoms with Gasteiger partial charge < -0.3 is 25.0 Å². The van der Waals surface area contributed by atoms with E-state index in [0.29, 0.717) is 27.1 Å². The van der Waals surface area contributed by atoms with Crippen LogP contribution in [-0.2, 0) is 14.3 Å². The summed E-state index contributed by atoms with van der Waals surface area (Å²) in [4.78, 5) is 26.8. The maximum Gasteiger partial charge on any atom is 0.338 e. The molecule has 1 amide bonds. The number of nitrogens with one attached hydrogen (secondary N) is 2. The van der Waals surface area contributed by atoms with Gasteiger partial charge in [0.1, 0.15) is 5.75 Å². The second-order valence-corrected chi connectivity index (χ2v) is 8.63. The van der Waals surface area contributed by atoms with Crippen LogP contribution in [0.4, 0.5) is 5.69 Å². The highest BCUT2D eigenvalue weighted by Gasteiger charge is 2.33. The van der Waals surface area contributed by atoms with Crippen LogP contribution in [0.1, 0.15) is 32.4 Å². The smallest absolute Gasteiger partial charge is 0.338 e. The minimum Gasteiger partial charge on any atom is -0.484 e. The van der Waals surface area contributed by atoms with Crippen molar-refractivity contribution >= 4 is 46.5 Å². The third kappa shape index (κ3) is 6.24. The zero-order chi connectivity index (χ0) is 24.1. The van der Waals surface area contributed by atoms with Crippen molar-refractivity contribution in [3.63, 3.8) is 0 Å². The Balaban J connectivity index is 1.70. The summed E-state index contributed by atoms with van der Waals surface area (Å²) in [5.74, 6) is -0.142. The number of carbonyl (C=O) groups is 2. The highest BCUT2D eigenvalue weighted by atomic mass is 35.5. The quantitative estimate of drug-likeness (QED) is 0.441. The van der Waals surface area contributed by atoms with E-state index in [1.807, 2.05) is 32.9 Å². The van der Waals surface area contributed by atoms with E-state index in [1.165, 1.54) is 0 Å². The minimum absolute atomic E-state index is 0.138. The van der Waals surface area contributed by atoms with Gasteiger partial charge in [-0.2, -0.15) is 0 Å². The van der Waals surface area contributed by atoms with E-state index in [0.717, 1.165) is 11.3 Å². The number of amides is 1. The Hall–Kier alpha value is -3.10. The number of allylic oxidation sites excluding steroid dienone is 1. The molecule has 7 nitrogen and oxygen atoms in total. The Morgan fingerprint density at radius 3 is 2.39 bits per heavy atom. The molecule has 3 rings (SSSR count). The first kappa shape index (κ1) is 24.5. The van der Waals surface area contributed by atoms with Crippen LogP contribution in [-0.4, -0.2) is 41.6 Å². The van der Waals surface area contributed by atoms with Gasteiger partial charge in [-0.1, -0.05) is 23.7 Å². The second kappa shape index (κ2) is 10.7. The van der Waals surface area contributed by atoms with Gasteiger partial charge in [-0.3, -0.25) is 4.79 Å². The molecule has 2 aromatic rings. The summed E-state index contributed by atoms with van der Waals surface area (Å²) < 4.78 is 10.9. The third-order valence-electron chi connectivity index (χ3n) is 5.03. The number of anilines is 1. The first-order chi connectivity index (χ1) is 15.7. The van der Waals surface area contributed by atoms with E-state index >= 15 is 0 Å². The molecular formula is C24H26ClN3O4S. The van der Waals surface area contributed by atoms with Crippen molar-refractivity contribution < 1.29 is 19.1 Å². The van der Waals surface area contributed by atoms with Gasteiger partial charge in [0.15, 0.2) is 11.7 Å². The maximum atomic E-state index is 12.8. The molecule has 0 aliphatic carbocycles. The number of hydrogen-bond donors (Lipinski definition) is 2. The number of rotatable bonds is 7. The van der Waals surface area contributed by atoms with Crippen LogP contribution >= 0.6 is 23.8 Å². The molecule has 1 heterocycles. The molecule has 0 radical (unpaired) electrons. The number of thiocarbonyl (C=S) groups is 1. The average Bonchev–Trinajstić information content (AvgIpc) is 2.77. The molecule has 33 heavy (non-hydrogen) atoms. The summed E-state index contributed by atoms with van der Waals surface area (Å²) >= 11 is 11.3. The molecule has 0 fully saturated rings. The van der Waals surface area contributed by atoms with Crippen LogP contribution in [0.15, 0.2) is 59.8 Å². The van der Waals surface area contributed by atoms with Crippen LogP contribution in [0.25, 0.3) is 0 Å². The number of hydrogen-bond acceptors (Lipinski definition) is 5. The summed E-state index contributed by atoms with van der Waals surface area (Å²) in [5, 5.41) is 7.10. The number of nitrogens with zero attached hydrogens (tertiary/aromatic N) is 1. The predicted octanol–water partition coefficient (Wildman–Crippen LogP) is 4.44. The first-order valence-electron chi connectivity index (χ1n) is 10.4. The van der Waals surface area contributed by atoms with Gasteiger partial charge in [0.2, 0.25) is 0 Å². The average molecular weight is 488 g/mol. The molecule has 1 unspecified atom stereocenters. The van der Waals surface area contributed by atoms with Crippen molar-refractivity contribution in [2.24, 2.45) is 0 Å². The number of ether oxygens (including phenoxy) is 2. The molecule has 1 atom stereocenters. The predicted molar refractivity (Wildman–Crippen MR) is 132 cm³/mol. The number of halogens is 1. The van der Waals surface area contributed by atoms with Crippen LogP contribution in [0, 0.1) is 0 Å². The summed E-state index contributed by atoms with van der Waals surface area (Å²) in [6, 6.07) is 13.5. The number of benzene rings is 2. The fourth-order valence-electron chi connectivity index (χ4n) is 3.26. The van der Waals surface area contributed by atoms with Crippen molar-refractivity contribution in [3.05, 3.63) is 70.4 Å². The zero-order valence-electron chi connectivity index (χ0n) is 18.8. The lowest BCUT2D eigenvalue weighted by Gasteiger charge is -2.35. The minimum atomic E-state index is -0.460. The molecule has 1 aliphatic heterocycles. The van der Waals surface area contributed by atoms with Crippen molar-refractivity contribution in [2.75, 3.05) is 19.0 Å². The third-order valence-corrected chi connectivity index (χ3v) is 5.67. The van der Waals surface area contributed by atoms with Crippen LogP contribution in [0.5, 0.6) is 5.75 Å². The SMILES string of the molecule is CC1=C(C(=O)OC(C)C)C(c2ccc(NC(=O)COc3ccc(Cl)cc3)cc2)NC(=S)N1C. The van der Waals surface area contributed by atoms with E-state index in [1.54, 1.807) is 48.3 Å². The first-order valence-corrected chi connectivity index (χ1v) is 11.2. The summed E-state index contributed by atoms with van der Waals surface area (Å²) in [5.41, 5.74) is 2.64. The van der Waals surface area contributed by atoms with Crippen molar-refractivity contribution in [1.29, 1.82) is 0 Å². The number of esters is 1. The van der Waals surface area contributed by atoms with E-state index in [2.05, 4.69) is 10.6 Å². The van der Waals surface area contributed by atoms with Gasteiger partial charge in [0.05, 0.1) is 17.7 Å². The largest absolute Gasteiger partial charge is 0.484 e. The molecule has 0 bridgehead atoms. The van der Waals surface area contributed by atoms with Crippen LogP contribution in [0.2, 0.25) is 5.02 Å². The normalized spacial score (nSPS) is 15.9. The highest BCUT2D eigenvalue weighted by molar-refractivity contribution is 7.80. The monoisotopic (exact) mass is 487 g/mol. The fraction of sp³-hybridized carbons (Fsp3) is 0.292. The fourth-order valence-corrected chi connectivity index (χ4v) is 3.64. The van der Waals surface area contributed by atoms with Gasteiger partial charge in [0.25, 0.3) is 5.91 Å². The zero-order valence-corrected chi connectivity index (χ0v) is 20.4. The molecule has 0 aromatic heterocycles. The summed E-state index contributed by atoms with van der Waals surface area (Å²) in [7, 11) is 1.80. The molecule has 2 aromatic carbocycles. The molecule has 0 saturated carbocycles. The molecule has 9 heteroatoms. The standard InChI is InChI=1S/C24H26ClN3O4S/c1-14(2)32-23(30)21-15(3)28(4)24(33)27-22(21)16-5-9-18(10-6-16)26-20(29)13-31-19-11-7-17(25)8-12-19/h5-12,14,22H,13H2,1-4H3,(H,26,29)(H,27,33). The maximum absolute atomic E-state index is 12.8. The van der Waals surface area contributed by atoms with Crippen LogP contribution in [0.3, 0.4) is 0 Å². The molecule has 1 aliphatic rings. The van der Waals surface area contributed by atoms with Crippen LogP contribution < -0.4 is 15.4 Å². The van der Waals surface area contributed by atoms with E-state index < -0.39 is 12.0 Å². The molecule has 0 spiro atoms. The Morgan fingerprint density at radius 1 is 1.15 bits per heavy atom. The summed E-state index contributed by atoms with van der Waals surface area (Å²) in [6.45, 7) is 5.32. The Bertz CT molecular complexity index is 1070. The van der Waals surface area contributed by atoms with Crippen molar-refractivity contribution in [2.45, 2.75) is 32.9 Å². The molecule has 2 N–H and O–H groups in total. The van der Waals surface area contributed by atoms with Crippen molar-refractivity contribution in [3.8, 4) is 5.75 Å². The Labute approximate surface area is 203 Å². The van der Waals surface area contributed by atoms with Gasteiger partial charge in [-0.15, -0.1) is 0 Å². The molecule has 0 saturated heterocycles. The Kier molecular flexibility index (Phi) is 7.94.